The maximum atomic E-state index is 9.71. The second kappa shape index (κ2) is 14.3. The summed E-state index contributed by atoms with van der Waals surface area (Å²) in [7, 11) is 0. The Bertz CT molecular complexity index is 411. The van der Waals surface area contributed by atoms with Crippen molar-refractivity contribution in [1.82, 2.24) is 5.32 Å². The van der Waals surface area contributed by atoms with Gasteiger partial charge in [-0.1, -0.05) is 101 Å². The first kappa shape index (κ1) is 22.1. The largest absolute Gasteiger partial charge is 0.373 e. The Balaban J connectivity index is 2.22. The molecule has 0 aromatic heterocycles. The number of benzene rings is 1. The highest BCUT2D eigenvalue weighted by molar-refractivity contribution is 5.18. The van der Waals surface area contributed by atoms with Gasteiger partial charge in [0.15, 0.2) is 12.5 Å². The Morgan fingerprint density at radius 1 is 0.760 bits per heavy atom. The van der Waals surface area contributed by atoms with Crippen molar-refractivity contribution in [1.29, 1.82) is 0 Å². The lowest BCUT2D eigenvalue weighted by Gasteiger charge is -2.24. The summed E-state index contributed by atoms with van der Waals surface area (Å²) in [4.78, 5) is 0. The van der Waals surface area contributed by atoms with E-state index in [1.165, 1.54) is 57.8 Å². The van der Waals surface area contributed by atoms with Gasteiger partial charge in [-0.25, -0.2) is 0 Å². The van der Waals surface area contributed by atoms with Gasteiger partial charge in [-0.15, -0.1) is 0 Å². The maximum absolute atomic E-state index is 9.71. The molecular weight excluding hydrogens is 314 g/mol. The van der Waals surface area contributed by atoms with Gasteiger partial charge in [-0.05, 0) is 12.0 Å². The molecule has 0 aliphatic rings. The van der Waals surface area contributed by atoms with Gasteiger partial charge in [0.25, 0.3) is 0 Å². The average Bonchev–Trinajstić information content (AvgIpc) is 2.62. The molecule has 0 fully saturated rings. The fraction of sp³-hybridized carbons (Fsp3) is 0.714. The summed E-state index contributed by atoms with van der Waals surface area (Å²) in [6, 6.07) is 9.83. The Morgan fingerprint density at radius 2 is 1.28 bits per heavy atom. The first-order valence-corrected chi connectivity index (χ1v) is 10.00. The van der Waals surface area contributed by atoms with E-state index < -0.39 is 12.5 Å². The maximum Gasteiger partial charge on any atom is 0.192 e. The predicted octanol–water partition coefficient (Wildman–Crippen LogP) is 4.26. The van der Waals surface area contributed by atoms with E-state index in [0.29, 0.717) is 0 Å². The van der Waals surface area contributed by atoms with Gasteiger partial charge in [0.2, 0.25) is 0 Å². The fourth-order valence-corrected chi connectivity index (χ4v) is 3.16. The van der Waals surface area contributed by atoms with Crippen LogP contribution in [0.2, 0.25) is 0 Å². The zero-order chi connectivity index (χ0) is 18.3. The Morgan fingerprint density at radius 3 is 1.80 bits per heavy atom. The number of unbranched alkanes of at least 4 members (excludes halogenated alkanes) is 9. The van der Waals surface area contributed by atoms with E-state index in [-0.39, 0.29) is 6.04 Å². The van der Waals surface area contributed by atoms with Crippen LogP contribution in [0, 0.1) is 0 Å². The molecule has 4 N–H and O–H groups in total. The average molecular weight is 352 g/mol. The monoisotopic (exact) mass is 351 g/mol. The molecule has 0 saturated carbocycles. The first-order chi connectivity index (χ1) is 12.1. The molecule has 2 atom stereocenters. The topological polar surface area (TPSA) is 72.7 Å². The molecule has 0 amide bonds. The highest BCUT2D eigenvalue weighted by Crippen LogP contribution is 2.21. The van der Waals surface area contributed by atoms with Crippen molar-refractivity contribution >= 4 is 0 Å². The fourth-order valence-electron chi connectivity index (χ4n) is 3.16. The van der Waals surface area contributed by atoms with Crippen LogP contribution in [0.5, 0.6) is 0 Å². The molecule has 1 aromatic carbocycles. The summed E-state index contributed by atoms with van der Waals surface area (Å²) in [6.45, 7) is 2.25. The summed E-state index contributed by atoms with van der Waals surface area (Å²) in [5.74, 6) is 0. The quantitative estimate of drug-likeness (QED) is 0.281. The third-order valence-electron chi connectivity index (χ3n) is 4.70. The van der Waals surface area contributed by atoms with Crippen LogP contribution >= 0.6 is 0 Å². The third-order valence-corrected chi connectivity index (χ3v) is 4.70. The minimum atomic E-state index is -1.76. The smallest absolute Gasteiger partial charge is 0.192 e. The van der Waals surface area contributed by atoms with Crippen LogP contribution in [-0.4, -0.2) is 27.8 Å². The first-order valence-electron chi connectivity index (χ1n) is 10.00. The molecule has 0 radical (unpaired) electrons. The van der Waals surface area contributed by atoms with E-state index >= 15 is 0 Å². The standard InChI is InChI=1S/C21H37NO3/c1-2-3-4-5-6-7-8-9-10-14-17-19(22-20(23)21(24)25)18-15-12-11-13-16-18/h11-13,15-16,19-25H,2-10,14,17H2,1H3. The third kappa shape index (κ3) is 10.6. The molecule has 0 aliphatic heterocycles. The van der Waals surface area contributed by atoms with Crippen molar-refractivity contribution in [2.45, 2.75) is 96.1 Å². The second-order valence-corrected chi connectivity index (χ2v) is 6.96. The number of hydrogen-bond donors (Lipinski definition) is 4. The summed E-state index contributed by atoms with van der Waals surface area (Å²) < 4.78 is 0. The highest BCUT2D eigenvalue weighted by Gasteiger charge is 2.19. The molecule has 1 rings (SSSR count). The Hall–Kier alpha value is -0.940. The van der Waals surface area contributed by atoms with E-state index in [1.54, 1.807) is 0 Å². The van der Waals surface area contributed by atoms with Crippen LogP contribution in [0.15, 0.2) is 30.3 Å². The molecule has 25 heavy (non-hydrogen) atoms. The zero-order valence-corrected chi connectivity index (χ0v) is 15.7. The van der Waals surface area contributed by atoms with Crippen LogP contribution in [0.25, 0.3) is 0 Å². The lowest BCUT2D eigenvalue weighted by atomic mass is 9.99. The van der Waals surface area contributed by atoms with Crippen molar-refractivity contribution in [2.24, 2.45) is 0 Å². The molecule has 1 aromatic rings. The minimum Gasteiger partial charge on any atom is -0.373 e. The molecular formula is C21H37NO3. The highest BCUT2D eigenvalue weighted by atomic mass is 16.5. The van der Waals surface area contributed by atoms with Crippen LogP contribution in [0.1, 0.15) is 89.2 Å². The van der Waals surface area contributed by atoms with Gasteiger partial charge in [-0.3, -0.25) is 5.32 Å². The summed E-state index contributed by atoms with van der Waals surface area (Å²) in [5, 5.41) is 30.8. The lowest BCUT2D eigenvalue weighted by molar-refractivity contribution is -0.136. The van der Waals surface area contributed by atoms with Crippen molar-refractivity contribution in [3.8, 4) is 0 Å². The van der Waals surface area contributed by atoms with Gasteiger partial charge >= 0.3 is 0 Å². The van der Waals surface area contributed by atoms with Crippen LogP contribution in [-0.2, 0) is 0 Å². The summed E-state index contributed by atoms with van der Waals surface area (Å²) in [6.07, 6.45) is 10.7. The molecule has 0 saturated heterocycles. The van der Waals surface area contributed by atoms with Gasteiger partial charge in [0.1, 0.15) is 0 Å². The predicted molar refractivity (Wildman–Crippen MR) is 103 cm³/mol. The minimum absolute atomic E-state index is 0.0629. The van der Waals surface area contributed by atoms with E-state index in [1.807, 2.05) is 30.3 Å². The number of nitrogens with one attached hydrogen (secondary N) is 1. The lowest BCUT2D eigenvalue weighted by Crippen LogP contribution is -2.41. The molecule has 4 heteroatoms. The van der Waals surface area contributed by atoms with E-state index in [9.17, 15) is 5.11 Å². The van der Waals surface area contributed by atoms with Crippen molar-refractivity contribution < 1.29 is 15.3 Å². The summed E-state index contributed by atoms with van der Waals surface area (Å²) >= 11 is 0. The zero-order valence-electron chi connectivity index (χ0n) is 15.7. The molecule has 0 heterocycles. The normalized spacial score (nSPS) is 14.0. The van der Waals surface area contributed by atoms with Crippen LogP contribution in [0.4, 0.5) is 0 Å². The Kier molecular flexibility index (Phi) is 12.6. The molecule has 0 aliphatic carbocycles. The van der Waals surface area contributed by atoms with Gasteiger partial charge < -0.3 is 15.3 Å². The van der Waals surface area contributed by atoms with E-state index in [4.69, 9.17) is 10.2 Å². The van der Waals surface area contributed by atoms with Gasteiger partial charge in [0, 0.05) is 6.04 Å². The number of aliphatic hydroxyl groups excluding tert-OH is 2. The number of hydrogen-bond acceptors (Lipinski definition) is 4. The molecule has 144 valence electrons. The van der Waals surface area contributed by atoms with Crippen LogP contribution in [0.3, 0.4) is 0 Å². The van der Waals surface area contributed by atoms with Gasteiger partial charge in [0.05, 0.1) is 0 Å². The van der Waals surface area contributed by atoms with E-state index in [2.05, 4.69) is 12.2 Å². The number of rotatable bonds is 15. The summed E-state index contributed by atoms with van der Waals surface area (Å²) in [5.41, 5.74) is 1.07. The second-order valence-electron chi connectivity index (χ2n) is 6.96. The Labute approximate surface area is 153 Å². The molecule has 0 bridgehead atoms. The molecule has 0 spiro atoms. The molecule has 2 unspecified atom stereocenters. The number of aliphatic hydroxyl groups is 3. The molecule has 4 nitrogen and oxygen atoms in total. The van der Waals surface area contributed by atoms with Gasteiger partial charge in [-0.2, -0.15) is 0 Å². The van der Waals surface area contributed by atoms with Crippen molar-refractivity contribution in [3.05, 3.63) is 35.9 Å². The van der Waals surface area contributed by atoms with E-state index in [0.717, 1.165) is 18.4 Å². The SMILES string of the molecule is CCCCCCCCCCCCC(NC(O)C(O)O)c1ccccc1. The van der Waals surface area contributed by atoms with Crippen molar-refractivity contribution in [3.63, 3.8) is 0 Å². The van der Waals surface area contributed by atoms with Crippen LogP contribution < -0.4 is 5.32 Å². The van der Waals surface area contributed by atoms with Crippen molar-refractivity contribution in [2.75, 3.05) is 0 Å².